The zero-order valence-corrected chi connectivity index (χ0v) is 34.3. The molecule has 8 aromatic heterocycles. The number of nitrogens with zero attached hydrogens (tertiary/aromatic N) is 8. The molecule has 0 aliphatic heterocycles. The summed E-state index contributed by atoms with van der Waals surface area (Å²) in [5.41, 5.74) is 22.1. The van der Waals surface area contributed by atoms with Gasteiger partial charge in [-0.05, 0) is 86.3 Å². The summed E-state index contributed by atoms with van der Waals surface area (Å²) >= 11 is 0. The van der Waals surface area contributed by atoms with Crippen LogP contribution in [0.3, 0.4) is 0 Å². The molecule has 0 aliphatic rings. The van der Waals surface area contributed by atoms with E-state index in [4.69, 9.17) is 11.5 Å². The van der Waals surface area contributed by atoms with Crippen LogP contribution in [0.2, 0.25) is 0 Å². The summed E-state index contributed by atoms with van der Waals surface area (Å²) in [4.78, 5) is 58.6. The highest BCUT2D eigenvalue weighted by atomic mass is 16.1. The maximum absolute atomic E-state index is 13.6. The number of aryl methyl sites for hydroxylation is 2. The van der Waals surface area contributed by atoms with E-state index < -0.39 is 0 Å². The summed E-state index contributed by atoms with van der Waals surface area (Å²) in [6.07, 6.45) is 3.10. The van der Waals surface area contributed by atoms with Gasteiger partial charge in [0, 0.05) is 22.4 Å². The molecule has 0 fully saturated rings. The first-order chi connectivity index (χ1) is 30.0. The minimum Gasteiger partial charge on any atom is -0.368 e. The fourth-order valence-electron chi connectivity index (χ4n) is 7.94. The molecular weight excluding hydrogens is 781 g/mol. The highest BCUT2D eigenvalue weighted by molar-refractivity contribution is 5.85. The van der Waals surface area contributed by atoms with Crippen LogP contribution in [-0.2, 0) is 0 Å². The average Bonchev–Trinajstić information content (AvgIpc) is 3.94. The Morgan fingerprint density at radius 3 is 1.35 bits per heavy atom. The number of imidazole rings is 2. The predicted octanol–water partition coefficient (Wildman–Crippen LogP) is 7.39. The molecule has 8 N–H and O–H groups in total. The van der Waals surface area contributed by atoms with Gasteiger partial charge in [0.25, 0.3) is 11.1 Å². The Labute approximate surface area is 353 Å². The number of rotatable bonds is 8. The van der Waals surface area contributed by atoms with Gasteiger partial charge in [0.1, 0.15) is 11.0 Å². The normalized spacial score (nSPS) is 12.3. The number of pyridine rings is 4. The Morgan fingerprint density at radius 1 is 0.548 bits per heavy atom. The monoisotopic (exact) mass is 822 g/mol. The lowest BCUT2D eigenvalue weighted by molar-refractivity contribution is 0.868. The van der Waals surface area contributed by atoms with Gasteiger partial charge in [0.15, 0.2) is 22.9 Å². The van der Waals surface area contributed by atoms with Crippen LogP contribution in [0.15, 0.2) is 131 Å². The Balaban J connectivity index is 0.000000158. The van der Waals surface area contributed by atoms with Crippen molar-refractivity contribution in [2.24, 2.45) is 0 Å². The molecular formula is C46H42N14O2. The molecule has 62 heavy (non-hydrogen) atoms. The summed E-state index contributed by atoms with van der Waals surface area (Å²) in [5, 5.41) is 6.79. The molecule has 10 aromatic rings. The van der Waals surface area contributed by atoms with Gasteiger partial charge in [0.2, 0.25) is 11.9 Å². The van der Waals surface area contributed by atoms with Gasteiger partial charge < -0.3 is 32.1 Å². The third kappa shape index (κ3) is 7.19. The van der Waals surface area contributed by atoms with Crippen LogP contribution >= 0.6 is 0 Å². The van der Waals surface area contributed by atoms with Crippen molar-refractivity contribution in [1.82, 2.24) is 48.7 Å². The van der Waals surface area contributed by atoms with Crippen LogP contribution in [-0.4, -0.2) is 48.7 Å². The van der Waals surface area contributed by atoms with Crippen LogP contribution in [0.1, 0.15) is 48.4 Å². The summed E-state index contributed by atoms with van der Waals surface area (Å²) in [6, 6.07) is 34.7. The third-order valence-corrected chi connectivity index (χ3v) is 10.8. The SMILES string of the molecule is Cc1cccc2cc([C@@H](C)Nc3nc(N)nc4nc[nH]c34)c(-c3ccccc3)c(=O)n12.Cc1cccc2cc([C@H](C)Nc3nc(N)nc4nc[nH]c34)c(-c3ccccc3)c(=O)n12. The average molecular weight is 823 g/mol. The second-order valence-corrected chi connectivity index (χ2v) is 14.9. The number of hydrogen-bond donors (Lipinski definition) is 6. The van der Waals surface area contributed by atoms with Crippen LogP contribution in [0.5, 0.6) is 0 Å². The fourth-order valence-corrected chi connectivity index (χ4v) is 7.94. The number of anilines is 4. The van der Waals surface area contributed by atoms with Gasteiger partial charge in [-0.3, -0.25) is 18.4 Å². The van der Waals surface area contributed by atoms with E-state index in [-0.39, 0.29) is 35.1 Å². The van der Waals surface area contributed by atoms with Crippen molar-refractivity contribution in [3.05, 3.63) is 165 Å². The van der Waals surface area contributed by atoms with Gasteiger partial charge in [-0.25, -0.2) is 9.97 Å². The van der Waals surface area contributed by atoms with Crippen molar-refractivity contribution in [2.75, 3.05) is 22.1 Å². The maximum Gasteiger partial charge on any atom is 0.263 e. The molecule has 0 radical (unpaired) electrons. The minimum absolute atomic E-state index is 0.0562. The quantitative estimate of drug-likeness (QED) is 0.0882. The smallest absolute Gasteiger partial charge is 0.263 e. The first-order valence-corrected chi connectivity index (χ1v) is 19.9. The molecule has 8 heterocycles. The largest absolute Gasteiger partial charge is 0.368 e. The highest BCUT2D eigenvalue weighted by Gasteiger charge is 2.22. The van der Waals surface area contributed by atoms with Crippen molar-refractivity contribution < 1.29 is 0 Å². The molecule has 16 heteroatoms. The predicted molar refractivity (Wildman–Crippen MR) is 244 cm³/mol. The molecule has 2 atom stereocenters. The third-order valence-electron chi connectivity index (χ3n) is 10.8. The standard InChI is InChI=1S/2C23H21N7O/c2*1-13-7-6-10-16-11-17(18(22(31)30(13)16)15-8-4-3-5-9-15)14(2)27-21-19-20(26-12-25-19)28-23(24)29-21/h2*3-12,14H,1-2H3,(H4,24,25,26,27,28,29)/t2*14-/m10/s1. The van der Waals surface area contributed by atoms with E-state index in [0.717, 1.165) is 44.7 Å². The van der Waals surface area contributed by atoms with Gasteiger partial charge >= 0.3 is 0 Å². The van der Waals surface area contributed by atoms with Gasteiger partial charge in [0.05, 0.1) is 35.9 Å². The molecule has 0 saturated heterocycles. The van der Waals surface area contributed by atoms with E-state index in [1.54, 1.807) is 21.5 Å². The number of nitrogens with one attached hydrogen (secondary N) is 4. The maximum atomic E-state index is 13.6. The number of aromatic amines is 2. The number of benzene rings is 2. The summed E-state index contributed by atoms with van der Waals surface area (Å²) in [6.45, 7) is 7.86. The molecule has 0 aliphatic carbocycles. The molecule has 0 unspecified atom stereocenters. The van der Waals surface area contributed by atoms with Crippen LogP contribution in [0.4, 0.5) is 23.5 Å². The summed E-state index contributed by atoms with van der Waals surface area (Å²) < 4.78 is 3.49. The molecule has 308 valence electrons. The second kappa shape index (κ2) is 16.0. The highest BCUT2D eigenvalue weighted by Crippen LogP contribution is 2.32. The number of aromatic nitrogens is 10. The van der Waals surface area contributed by atoms with Crippen LogP contribution in [0, 0.1) is 13.8 Å². The van der Waals surface area contributed by atoms with E-state index in [1.165, 1.54) is 0 Å². The lowest BCUT2D eigenvalue weighted by Crippen LogP contribution is -2.22. The fraction of sp³-hybridized carbons (Fsp3) is 0.130. The first-order valence-electron chi connectivity index (χ1n) is 19.9. The molecule has 0 bridgehead atoms. The molecule has 0 saturated carbocycles. The van der Waals surface area contributed by atoms with E-state index >= 15 is 0 Å². The van der Waals surface area contributed by atoms with E-state index in [0.29, 0.717) is 45.1 Å². The van der Waals surface area contributed by atoms with Gasteiger partial charge in [-0.15, -0.1) is 0 Å². The zero-order chi connectivity index (χ0) is 43.1. The van der Waals surface area contributed by atoms with Crippen molar-refractivity contribution in [3.8, 4) is 22.3 Å². The minimum atomic E-state index is -0.241. The second-order valence-electron chi connectivity index (χ2n) is 14.9. The van der Waals surface area contributed by atoms with Crippen LogP contribution in [0.25, 0.3) is 55.6 Å². The number of H-pyrrole nitrogens is 2. The van der Waals surface area contributed by atoms with Crippen molar-refractivity contribution in [1.29, 1.82) is 0 Å². The molecule has 10 rings (SSSR count). The van der Waals surface area contributed by atoms with E-state index in [9.17, 15) is 9.59 Å². The lowest BCUT2D eigenvalue weighted by atomic mass is 9.96. The van der Waals surface area contributed by atoms with Crippen molar-refractivity contribution in [3.63, 3.8) is 0 Å². The number of nitrogens with two attached hydrogens (primary N) is 2. The Morgan fingerprint density at radius 2 is 0.952 bits per heavy atom. The lowest BCUT2D eigenvalue weighted by Gasteiger charge is -2.20. The Hall–Kier alpha value is -8.40. The molecule has 0 amide bonds. The molecule has 2 aromatic carbocycles. The number of hydrogen-bond acceptors (Lipinski definition) is 12. The molecule has 0 spiro atoms. The number of nitrogen functional groups attached to an aromatic ring is 2. The topological polar surface area (TPSA) is 228 Å². The van der Waals surface area contributed by atoms with Crippen molar-refractivity contribution in [2.45, 2.75) is 39.8 Å². The van der Waals surface area contributed by atoms with Crippen LogP contribution < -0.4 is 33.2 Å². The Bertz CT molecular complexity index is 3170. The van der Waals surface area contributed by atoms with E-state index in [2.05, 4.69) is 50.5 Å². The van der Waals surface area contributed by atoms with Gasteiger partial charge in [-0.1, -0.05) is 72.8 Å². The van der Waals surface area contributed by atoms with E-state index in [1.807, 2.05) is 137 Å². The van der Waals surface area contributed by atoms with Crippen molar-refractivity contribution >= 4 is 56.9 Å². The summed E-state index contributed by atoms with van der Waals surface area (Å²) in [7, 11) is 0. The van der Waals surface area contributed by atoms with Gasteiger partial charge in [-0.2, -0.15) is 19.9 Å². The number of fused-ring (bicyclic) bond motifs is 4. The Kier molecular flexibility index (Phi) is 10.1. The first kappa shape index (κ1) is 39.1. The molecule has 16 nitrogen and oxygen atoms in total. The zero-order valence-electron chi connectivity index (χ0n) is 34.3. The summed E-state index contributed by atoms with van der Waals surface area (Å²) in [5.74, 6) is 1.34.